The smallest absolute Gasteiger partial charge is 0.211 e. The molecule has 0 amide bonds. The molecule has 6 heteroatoms. The van der Waals surface area contributed by atoms with Crippen LogP contribution in [0.2, 0.25) is 5.02 Å². The van der Waals surface area contributed by atoms with Crippen LogP contribution in [-0.4, -0.2) is 27.8 Å². The molecule has 1 N–H and O–H groups in total. The Balaban J connectivity index is 2.69. The van der Waals surface area contributed by atoms with Crippen molar-refractivity contribution in [3.8, 4) is 0 Å². The third kappa shape index (κ3) is 4.94. The van der Waals surface area contributed by atoms with Crippen molar-refractivity contribution in [2.75, 3.05) is 19.4 Å². The van der Waals surface area contributed by atoms with Crippen LogP contribution < -0.4 is 4.72 Å². The summed E-state index contributed by atoms with van der Waals surface area (Å²) in [6, 6.07) is 7.20. The number of benzene rings is 1. The molecule has 0 saturated carbocycles. The summed E-state index contributed by atoms with van der Waals surface area (Å²) in [5.41, 5.74) is 0.851. The fraction of sp³-hybridized carbons (Fsp3) is 0.500. The molecule has 102 valence electrons. The van der Waals surface area contributed by atoms with Crippen molar-refractivity contribution in [2.45, 2.75) is 19.4 Å². The highest BCUT2D eigenvalue weighted by atomic mass is 35.5. The third-order valence-corrected chi connectivity index (χ3v) is 4.25. The Morgan fingerprint density at radius 3 is 2.72 bits per heavy atom. The van der Waals surface area contributed by atoms with E-state index in [4.69, 9.17) is 16.3 Å². The van der Waals surface area contributed by atoms with Gasteiger partial charge in [-0.15, -0.1) is 0 Å². The molecule has 0 aliphatic carbocycles. The fourth-order valence-corrected chi connectivity index (χ4v) is 2.87. The Labute approximate surface area is 113 Å². The normalized spacial score (nSPS) is 13.5. The third-order valence-electron chi connectivity index (χ3n) is 2.47. The molecule has 0 aromatic heterocycles. The molecular formula is C12H18ClNO3S. The van der Waals surface area contributed by atoms with E-state index < -0.39 is 10.0 Å². The van der Waals surface area contributed by atoms with Crippen molar-refractivity contribution in [1.29, 1.82) is 0 Å². The Morgan fingerprint density at radius 2 is 2.17 bits per heavy atom. The molecule has 0 unspecified atom stereocenters. The quantitative estimate of drug-likeness (QED) is 0.839. The molecule has 0 fully saturated rings. The van der Waals surface area contributed by atoms with E-state index in [1.54, 1.807) is 19.2 Å². The first-order valence-corrected chi connectivity index (χ1v) is 7.77. The zero-order valence-electron chi connectivity index (χ0n) is 10.5. The largest absolute Gasteiger partial charge is 0.375 e. The van der Waals surface area contributed by atoms with Gasteiger partial charge in [-0.1, -0.05) is 30.7 Å². The first kappa shape index (κ1) is 15.4. The van der Waals surface area contributed by atoms with E-state index in [2.05, 4.69) is 4.72 Å². The molecule has 18 heavy (non-hydrogen) atoms. The highest BCUT2D eigenvalue weighted by Gasteiger charge is 2.15. The number of halogens is 1. The number of nitrogens with one attached hydrogen (secondary N) is 1. The Kier molecular flexibility index (Phi) is 6.08. The molecule has 0 aliphatic heterocycles. The predicted molar refractivity (Wildman–Crippen MR) is 73.3 cm³/mol. The lowest BCUT2D eigenvalue weighted by Crippen LogP contribution is -2.31. The first-order valence-electron chi connectivity index (χ1n) is 5.74. The SMILES string of the molecule is CCCS(=O)(=O)NC[C@H](OC)c1cccc(Cl)c1. The monoisotopic (exact) mass is 291 g/mol. The number of rotatable bonds is 7. The van der Waals surface area contributed by atoms with Crippen molar-refractivity contribution in [2.24, 2.45) is 0 Å². The Bertz CT molecular complexity index is 476. The summed E-state index contributed by atoms with van der Waals surface area (Å²) in [7, 11) is -1.68. The summed E-state index contributed by atoms with van der Waals surface area (Å²) >= 11 is 5.89. The van der Waals surface area contributed by atoms with Crippen molar-refractivity contribution in [3.63, 3.8) is 0 Å². The highest BCUT2D eigenvalue weighted by Crippen LogP contribution is 2.19. The van der Waals surface area contributed by atoms with Crippen molar-refractivity contribution < 1.29 is 13.2 Å². The molecule has 0 heterocycles. The van der Waals surface area contributed by atoms with Gasteiger partial charge in [-0.25, -0.2) is 13.1 Å². The predicted octanol–water partition coefficient (Wildman–Crippen LogP) is 2.36. The first-order chi connectivity index (χ1) is 8.48. The van der Waals surface area contributed by atoms with E-state index in [0.717, 1.165) is 5.56 Å². The molecule has 0 saturated heterocycles. The minimum absolute atomic E-state index is 0.124. The van der Waals surface area contributed by atoms with Gasteiger partial charge in [-0.05, 0) is 24.1 Å². The molecule has 0 spiro atoms. The minimum atomic E-state index is -3.22. The molecule has 1 rings (SSSR count). The van der Waals surface area contributed by atoms with Crippen LogP contribution in [0.1, 0.15) is 25.0 Å². The second kappa shape index (κ2) is 7.09. The number of sulfonamides is 1. The number of hydrogen-bond donors (Lipinski definition) is 1. The highest BCUT2D eigenvalue weighted by molar-refractivity contribution is 7.89. The van der Waals surface area contributed by atoms with Gasteiger partial charge in [-0.3, -0.25) is 0 Å². The van der Waals surface area contributed by atoms with E-state index in [0.29, 0.717) is 11.4 Å². The van der Waals surface area contributed by atoms with Crippen LogP contribution in [0.3, 0.4) is 0 Å². The van der Waals surface area contributed by atoms with E-state index in [-0.39, 0.29) is 18.4 Å². The molecule has 4 nitrogen and oxygen atoms in total. The summed E-state index contributed by atoms with van der Waals surface area (Å²) in [6.45, 7) is 2.03. The van der Waals surface area contributed by atoms with Gasteiger partial charge in [0.1, 0.15) is 0 Å². The number of ether oxygens (including phenoxy) is 1. The lowest BCUT2D eigenvalue weighted by atomic mass is 10.1. The average Bonchev–Trinajstić information content (AvgIpc) is 2.29. The molecule has 1 atom stereocenters. The maximum atomic E-state index is 11.6. The van der Waals surface area contributed by atoms with Gasteiger partial charge < -0.3 is 4.74 Å². The van der Waals surface area contributed by atoms with E-state index in [9.17, 15) is 8.42 Å². The zero-order chi connectivity index (χ0) is 13.6. The van der Waals surface area contributed by atoms with E-state index in [1.165, 1.54) is 0 Å². The zero-order valence-corrected chi connectivity index (χ0v) is 12.1. The minimum Gasteiger partial charge on any atom is -0.375 e. The molecule has 0 bridgehead atoms. The molecule has 0 radical (unpaired) electrons. The summed E-state index contributed by atoms with van der Waals surface area (Å²) in [6.07, 6.45) is 0.250. The van der Waals surface area contributed by atoms with Crippen LogP contribution in [0.5, 0.6) is 0 Å². The fourth-order valence-electron chi connectivity index (χ4n) is 1.59. The number of methoxy groups -OCH3 is 1. The van der Waals surface area contributed by atoms with Crippen LogP contribution in [0.4, 0.5) is 0 Å². The van der Waals surface area contributed by atoms with E-state index >= 15 is 0 Å². The molecule has 0 aliphatic rings. The van der Waals surface area contributed by atoms with Crippen LogP contribution in [-0.2, 0) is 14.8 Å². The summed E-state index contributed by atoms with van der Waals surface area (Å²) < 4.78 is 30.9. The van der Waals surface area contributed by atoms with Crippen molar-refractivity contribution >= 4 is 21.6 Å². The maximum Gasteiger partial charge on any atom is 0.211 e. The van der Waals surface area contributed by atoms with Gasteiger partial charge in [-0.2, -0.15) is 0 Å². The van der Waals surface area contributed by atoms with Crippen LogP contribution in [0.25, 0.3) is 0 Å². The Hall–Kier alpha value is -0.620. The lowest BCUT2D eigenvalue weighted by Gasteiger charge is -2.16. The van der Waals surface area contributed by atoms with Gasteiger partial charge in [0.2, 0.25) is 10.0 Å². The molecule has 1 aromatic carbocycles. The molecular weight excluding hydrogens is 274 g/mol. The Morgan fingerprint density at radius 1 is 1.44 bits per heavy atom. The standard InChI is InChI=1S/C12H18ClNO3S/c1-3-7-18(15,16)14-9-12(17-2)10-5-4-6-11(13)8-10/h4-6,8,12,14H,3,7,9H2,1-2H3/t12-/m0/s1. The maximum absolute atomic E-state index is 11.6. The van der Waals surface area contributed by atoms with Crippen molar-refractivity contribution in [3.05, 3.63) is 34.9 Å². The average molecular weight is 292 g/mol. The van der Waals surface area contributed by atoms with Gasteiger partial charge in [0, 0.05) is 18.7 Å². The van der Waals surface area contributed by atoms with Crippen LogP contribution in [0.15, 0.2) is 24.3 Å². The molecule has 1 aromatic rings. The van der Waals surface area contributed by atoms with Gasteiger partial charge in [0.05, 0.1) is 11.9 Å². The van der Waals surface area contributed by atoms with Gasteiger partial charge in [0.25, 0.3) is 0 Å². The van der Waals surface area contributed by atoms with Crippen molar-refractivity contribution in [1.82, 2.24) is 4.72 Å². The topological polar surface area (TPSA) is 55.4 Å². The van der Waals surface area contributed by atoms with E-state index in [1.807, 2.05) is 19.1 Å². The second-order valence-corrected chi connectivity index (χ2v) is 6.31. The van der Waals surface area contributed by atoms with Crippen LogP contribution in [0, 0.1) is 0 Å². The summed E-state index contributed by atoms with van der Waals surface area (Å²) in [5.74, 6) is 0.124. The summed E-state index contributed by atoms with van der Waals surface area (Å²) in [4.78, 5) is 0. The van der Waals surface area contributed by atoms with Gasteiger partial charge in [0.15, 0.2) is 0 Å². The summed E-state index contributed by atoms with van der Waals surface area (Å²) in [5, 5.41) is 0.603. The second-order valence-electron chi connectivity index (χ2n) is 3.95. The van der Waals surface area contributed by atoms with Gasteiger partial charge >= 0.3 is 0 Å². The lowest BCUT2D eigenvalue weighted by molar-refractivity contribution is 0.107. The number of hydrogen-bond acceptors (Lipinski definition) is 3. The van der Waals surface area contributed by atoms with Crippen LogP contribution >= 0.6 is 11.6 Å².